The van der Waals surface area contributed by atoms with Gasteiger partial charge in [-0.05, 0) is 37.3 Å². The number of pyridine rings is 1. The van der Waals surface area contributed by atoms with Crippen LogP contribution in [0.5, 0.6) is 0 Å². The number of nitrogens with one attached hydrogen (secondary N) is 1. The molecule has 0 aliphatic carbocycles. The van der Waals surface area contributed by atoms with Crippen LogP contribution in [-0.2, 0) is 24.3 Å². The molecule has 3 aromatic heterocycles. The molecule has 0 aromatic carbocycles. The second-order valence-corrected chi connectivity index (χ2v) is 7.54. The number of amides is 1. The third kappa shape index (κ3) is 3.32. The summed E-state index contributed by atoms with van der Waals surface area (Å²) in [6, 6.07) is 4.30. The molecule has 9 heteroatoms. The van der Waals surface area contributed by atoms with Crippen LogP contribution in [0.2, 0.25) is 0 Å². The molecule has 146 valence electrons. The second-order valence-electron chi connectivity index (χ2n) is 7.54. The Bertz CT molecular complexity index is 962. The molecule has 1 fully saturated rings. The summed E-state index contributed by atoms with van der Waals surface area (Å²) < 4.78 is 7.95. The topological polar surface area (TPSA) is 102 Å². The Kier molecular flexibility index (Phi) is 4.42. The van der Waals surface area contributed by atoms with Gasteiger partial charge in [0.25, 0.3) is 6.01 Å². The summed E-state index contributed by atoms with van der Waals surface area (Å²) in [6.45, 7) is 3.04. The van der Waals surface area contributed by atoms with Crippen molar-refractivity contribution in [1.82, 2.24) is 30.0 Å². The molecule has 0 radical (unpaired) electrons. The summed E-state index contributed by atoms with van der Waals surface area (Å²) in [5.74, 6) is 2.22. The van der Waals surface area contributed by atoms with E-state index in [2.05, 4.69) is 34.9 Å². The van der Waals surface area contributed by atoms with Gasteiger partial charge in [0.15, 0.2) is 11.4 Å². The number of hydrogen-bond donors (Lipinski definition) is 1. The Morgan fingerprint density at radius 2 is 2.25 bits per heavy atom. The summed E-state index contributed by atoms with van der Waals surface area (Å²) in [5.41, 5.74) is 1.32. The minimum Gasteiger partial charge on any atom is -0.422 e. The molecule has 0 spiro atoms. The lowest BCUT2D eigenvalue weighted by molar-refractivity contribution is -0.122. The Morgan fingerprint density at radius 1 is 1.29 bits per heavy atom. The quantitative estimate of drug-likeness (QED) is 0.717. The van der Waals surface area contributed by atoms with Crippen LogP contribution in [0.3, 0.4) is 0 Å². The third-order valence-corrected chi connectivity index (χ3v) is 5.55. The number of aromatic nitrogens is 5. The number of carbonyl (C=O) groups is 1. The first-order valence-electron chi connectivity index (χ1n) is 9.90. The van der Waals surface area contributed by atoms with Crippen molar-refractivity contribution in [3.05, 3.63) is 30.0 Å². The fraction of sp³-hybridized carbons (Fsp3) is 0.526. The molecule has 3 aromatic rings. The van der Waals surface area contributed by atoms with E-state index >= 15 is 0 Å². The molecule has 0 bridgehead atoms. The van der Waals surface area contributed by atoms with Gasteiger partial charge in [0, 0.05) is 38.7 Å². The standard InChI is InChI=1S/C19H23N7O2/c27-17(21-11-16-24-23-15-6-3-9-26(15)16)10-13-4-2-8-25(12-13)19-22-18-14(28-19)5-1-7-20-18/h1,5,7,13H,2-4,6,8-12H2,(H,21,27). The molecule has 1 saturated heterocycles. The zero-order chi connectivity index (χ0) is 18.9. The van der Waals surface area contributed by atoms with Crippen molar-refractivity contribution < 1.29 is 9.21 Å². The first-order valence-corrected chi connectivity index (χ1v) is 9.90. The average Bonchev–Trinajstić information content (AvgIpc) is 3.42. The molecule has 9 nitrogen and oxygen atoms in total. The minimum atomic E-state index is 0.0569. The SMILES string of the molecule is O=C(CC1CCCN(c2nc3ncccc3o2)C1)NCc1nnc2n1CCC2. The molecule has 5 heterocycles. The predicted octanol–water partition coefficient (Wildman–Crippen LogP) is 1.68. The number of nitrogens with zero attached hydrogens (tertiary/aromatic N) is 6. The molecule has 1 amide bonds. The highest BCUT2D eigenvalue weighted by Crippen LogP contribution is 2.26. The Balaban J connectivity index is 1.17. The number of oxazole rings is 1. The van der Waals surface area contributed by atoms with Crippen molar-refractivity contribution in [1.29, 1.82) is 0 Å². The molecule has 2 aliphatic heterocycles. The summed E-state index contributed by atoms with van der Waals surface area (Å²) >= 11 is 0. The number of piperidine rings is 1. The van der Waals surface area contributed by atoms with Gasteiger partial charge in [-0.3, -0.25) is 4.79 Å². The molecule has 0 saturated carbocycles. The molecule has 28 heavy (non-hydrogen) atoms. The third-order valence-electron chi connectivity index (χ3n) is 5.55. The fourth-order valence-corrected chi connectivity index (χ4v) is 4.15. The van der Waals surface area contributed by atoms with Crippen molar-refractivity contribution >= 4 is 23.2 Å². The van der Waals surface area contributed by atoms with Crippen LogP contribution in [0.1, 0.15) is 37.3 Å². The van der Waals surface area contributed by atoms with Gasteiger partial charge in [0.05, 0.1) is 6.54 Å². The first kappa shape index (κ1) is 17.2. The maximum absolute atomic E-state index is 12.5. The number of fused-ring (bicyclic) bond motifs is 2. The monoisotopic (exact) mass is 381 g/mol. The van der Waals surface area contributed by atoms with E-state index in [9.17, 15) is 4.79 Å². The molecular weight excluding hydrogens is 358 g/mol. The first-order chi connectivity index (χ1) is 13.8. The van der Waals surface area contributed by atoms with Gasteiger partial charge in [-0.1, -0.05) is 0 Å². The van der Waals surface area contributed by atoms with Crippen molar-refractivity contribution in [3.63, 3.8) is 0 Å². The van der Waals surface area contributed by atoms with Crippen LogP contribution in [-0.4, -0.2) is 43.7 Å². The van der Waals surface area contributed by atoms with Crippen molar-refractivity contribution in [2.45, 2.75) is 45.2 Å². The van der Waals surface area contributed by atoms with Gasteiger partial charge in [-0.2, -0.15) is 4.98 Å². The Labute approximate surface area is 162 Å². The van der Waals surface area contributed by atoms with E-state index in [1.54, 1.807) is 6.20 Å². The lowest BCUT2D eigenvalue weighted by Crippen LogP contribution is -2.38. The van der Waals surface area contributed by atoms with Gasteiger partial charge >= 0.3 is 0 Å². The molecule has 2 aliphatic rings. The van der Waals surface area contributed by atoms with Crippen LogP contribution < -0.4 is 10.2 Å². The van der Waals surface area contributed by atoms with Crippen LogP contribution in [0.25, 0.3) is 11.2 Å². The highest BCUT2D eigenvalue weighted by Gasteiger charge is 2.26. The number of aryl methyl sites for hydroxylation is 1. The number of carbonyl (C=O) groups excluding carboxylic acids is 1. The summed E-state index contributed by atoms with van der Waals surface area (Å²) in [6.07, 6.45) is 6.34. The van der Waals surface area contributed by atoms with Gasteiger partial charge in [-0.15, -0.1) is 10.2 Å². The Hall–Kier alpha value is -2.97. The average molecular weight is 381 g/mol. The van der Waals surface area contributed by atoms with Gasteiger partial charge in [-0.25, -0.2) is 4.98 Å². The highest BCUT2D eigenvalue weighted by atomic mass is 16.4. The molecule has 1 N–H and O–H groups in total. The summed E-state index contributed by atoms with van der Waals surface area (Å²) in [5, 5.41) is 11.4. The molecule has 1 atom stereocenters. The van der Waals surface area contributed by atoms with E-state index in [1.807, 2.05) is 12.1 Å². The van der Waals surface area contributed by atoms with Crippen LogP contribution in [0, 0.1) is 5.92 Å². The van der Waals surface area contributed by atoms with Crippen molar-refractivity contribution in [2.24, 2.45) is 5.92 Å². The van der Waals surface area contributed by atoms with Gasteiger partial charge in [0.1, 0.15) is 5.82 Å². The maximum atomic E-state index is 12.5. The van der Waals surface area contributed by atoms with Crippen LogP contribution in [0.4, 0.5) is 6.01 Å². The molecule has 5 rings (SSSR count). The van der Waals surface area contributed by atoms with Gasteiger partial charge in [0.2, 0.25) is 11.6 Å². The number of hydrogen-bond acceptors (Lipinski definition) is 7. The van der Waals surface area contributed by atoms with E-state index in [0.29, 0.717) is 30.2 Å². The van der Waals surface area contributed by atoms with Crippen molar-refractivity contribution in [3.8, 4) is 0 Å². The smallest absolute Gasteiger partial charge is 0.299 e. The zero-order valence-electron chi connectivity index (χ0n) is 15.7. The van der Waals surface area contributed by atoms with Crippen LogP contribution >= 0.6 is 0 Å². The maximum Gasteiger partial charge on any atom is 0.299 e. The normalized spacial score (nSPS) is 19.1. The van der Waals surface area contributed by atoms with E-state index in [1.165, 1.54) is 0 Å². The van der Waals surface area contributed by atoms with E-state index in [-0.39, 0.29) is 11.8 Å². The molecular formula is C19H23N7O2. The van der Waals surface area contributed by atoms with E-state index in [0.717, 1.165) is 57.0 Å². The predicted molar refractivity (Wildman–Crippen MR) is 102 cm³/mol. The van der Waals surface area contributed by atoms with Crippen LogP contribution in [0.15, 0.2) is 22.7 Å². The number of rotatable bonds is 5. The lowest BCUT2D eigenvalue weighted by atomic mass is 9.94. The fourth-order valence-electron chi connectivity index (χ4n) is 4.15. The Morgan fingerprint density at radius 3 is 3.18 bits per heavy atom. The summed E-state index contributed by atoms with van der Waals surface area (Å²) in [7, 11) is 0. The number of anilines is 1. The van der Waals surface area contributed by atoms with Gasteiger partial charge < -0.3 is 19.2 Å². The zero-order valence-corrected chi connectivity index (χ0v) is 15.7. The van der Waals surface area contributed by atoms with E-state index in [4.69, 9.17) is 4.42 Å². The lowest BCUT2D eigenvalue weighted by Gasteiger charge is -2.31. The van der Waals surface area contributed by atoms with Crippen molar-refractivity contribution in [2.75, 3.05) is 18.0 Å². The minimum absolute atomic E-state index is 0.0569. The summed E-state index contributed by atoms with van der Waals surface area (Å²) in [4.78, 5) is 23.3. The second kappa shape index (κ2) is 7.21. The van der Waals surface area contributed by atoms with E-state index < -0.39 is 0 Å². The molecule has 1 unspecified atom stereocenters. The largest absolute Gasteiger partial charge is 0.422 e. The highest BCUT2D eigenvalue weighted by molar-refractivity contribution is 5.76.